The number of nitrogens with two attached hydrogens (primary N) is 1. The Morgan fingerprint density at radius 3 is 2.84 bits per heavy atom. The van der Waals surface area contributed by atoms with Crippen LogP contribution in [0.4, 0.5) is 6.01 Å². The second-order valence-electron chi connectivity index (χ2n) is 8.65. The third kappa shape index (κ3) is 3.72. The van der Waals surface area contributed by atoms with Gasteiger partial charge in [0.15, 0.2) is 5.58 Å². The molecule has 2 aromatic heterocycles. The number of halogens is 2. The van der Waals surface area contributed by atoms with Crippen molar-refractivity contribution in [3.63, 3.8) is 0 Å². The van der Waals surface area contributed by atoms with Crippen LogP contribution in [-0.4, -0.2) is 39.5 Å². The molecule has 2 N–H and O–H groups in total. The summed E-state index contributed by atoms with van der Waals surface area (Å²) in [5, 5.41) is 1.21. The lowest BCUT2D eigenvalue weighted by Gasteiger charge is -2.40. The molecule has 0 spiro atoms. The molecule has 5 rings (SSSR count). The van der Waals surface area contributed by atoms with Crippen molar-refractivity contribution in [3.8, 4) is 0 Å². The summed E-state index contributed by atoms with van der Waals surface area (Å²) < 4.78 is 11.8. The number of pyridine rings is 1. The molecule has 1 saturated heterocycles. The van der Waals surface area contributed by atoms with Crippen molar-refractivity contribution in [3.05, 3.63) is 51.3 Å². The number of aromatic nitrogens is 2. The highest BCUT2D eigenvalue weighted by molar-refractivity contribution is 6.35. The lowest BCUT2D eigenvalue weighted by Crippen LogP contribution is -2.48. The lowest BCUT2D eigenvalue weighted by molar-refractivity contribution is -0.155. The van der Waals surface area contributed by atoms with E-state index in [1.807, 2.05) is 24.8 Å². The van der Waals surface area contributed by atoms with Crippen molar-refractivity contribution in [2.45, 2.75) is 57.3 Å². The Kier molecular flexibility index (Phi) is 5.51. The number of anilines is 1. The van der Waals surface area contributed by atoms with Gasteiger partial charge in [0, 0.05) is 28.4 Å². The zero-order valence-corrected chi connectivity index (χ0v) is 19.4. The summed E-state index contributed by atoms with van der Waals surface area (Å²) in [7, 11) is 0. The molecule has 168 valence electrons. The molecule has 3 aromatic rings. The number of oxazole rings is 1. The van der Waals surface area contributed by atoms with Gasteiger partial charge < -0.3 is 19.8 Å². The number of hydrogen-bond acceptors (Lipinski definition) is 6. The van der Waals surface area contributed by atoms with Crippen molar-refractivity contribution < 1.29 is 13.9 Å². The molecule has 1 amide bonds. The summed E-state index contributed by atoms with van der Waals surface area (Å²) in [5.74, 6) is 0.0222. The zero-order chi connectivity index (χ0) is 22.6. The molecule has 2 aliphatic rings. The number of ether oxygens (including phenoxy) is 1. The van der Waals surface area contributed by atoms with Crippen molar-refractivity contribution in [1.29, 1.82) is 0 Å². The van der Waals surface area contributed by atoms with Crippen LogP contribution in [0.25, 0.3) is 11.1 Å². The molecule has 2 aliphatic heterocycles. The summed E-state index contributed by atoms with van der Waals surface area (Å²) >= 11 is 12.7. The van der Waals surface area contributed by atoms with E-state index in [0.29, 0.717) is 40.5 Å². The summed E-state index contributed by atoms with van der Waals surface area (Å²) in [5.41, 5.74) is 9.97. The number of fused-ring (bicyclic) bond motifs is 2. The Morgan fingerprint density at radius 2 is 2.03 bits per heavy atom. The first-order valence-electron chi connectivity index (χ1n) is 10.8. The van der Waals surface area contributed by atoms with Gasteiger partial charge in [-0.15, -0.1) is 0 Å². The summed E-state index contributed by atoms with van der Waals surface area (Å²) in [6.45, 7) is 4.59. The first kappa shape index (κ1) is 21.5. The minimum absolute atomic E-state index is 0.0251. The molecule has 0 saturated carbocycles. The predicted molar refractivity (Wildman–Crippen MR) is 123 cm³/mol. The number of amides is 1. The number of nitrogens with zero attached hydrogens (tertiary/aromatic N) is 3. The molecule has 1 fully saturated rings. The van der Waals surface area contributed by atoms with Crippen LogP contribution < -0.4 is 5.73 Å². The van der Waals surface area contributed by atoms with Gasteiger partial charge in [-0.25, -0.2) is 0 Å². The highest BCUT2D eigenvalue weighted by atomic mass is 35.5. The quantitative estimate of drug-likeness (QED) is 0.566. The van der Waals surface area contributed by atoms with Crippen LogP contribution in [0.1, 0.15) is 55.3 Å². The Hall–Kier alpha value is -2.35. The Labute approximate surface area is 195 Å². The third-order valence-corrected chi connectivity index (χ3v) is 7.07. The SMILES string of the molecule is C[C@H]1C[C@H](c2cncc3nc(N)oc23)C[C@@H](C(=O)N2CCc3cc(Cl)cc(Cl)c3[C@@H]2C)O1. The van der Waals surface area contributed by atoms with Gasteiger partial charge in [-0.2, -0.15) is 4.98 Å². The van der Waals surface area contributed by atoms with E-state index in [1.165, 1.54) is 0 Å². The highest BCUT2D eigenvalue weighted by Crippen LogP contribution is 2.40. The molecule has 4 atom stereocenters. The number of carbonyl (C=O) groups is 1. The fraction of sp³-hybridized carbons (Fsp3) is 0.435. The largest absolute Gasteiger partial charge is 0.423 e. The molecule has 0 aliphatic carbocycles. The van der Waals surface area contributed by atoms with Gasteiger partial charge in [-0.1, -0.05) is 23.2 Å². The molecular formula is C23H24Cl2N4O3. The van der Waals surface area contributed by atoms with E-state index >= 15 is 0 Å². The van der Waals surface area contributed by atoms with Crippen LogP contribution in [0.2, 0.25) is 10.0 Å². The Bertz CT molecular complexity index is 1200. The minimum atomic E-state index is -0.561. The predicted octanol–water partition coefficient (Wildman–Crippen LogP) is 4.91. The summed E-state index contributed by atoms with van der Waals surface area (Å²) in [6, 6.07) is 3.63. The van der Waals surface area contributed by atoms with E-state index in [1.54, 1.807) is 18.5 Å². The van der Waals surface area contributed by atoms with Crippen molar-refractivity contribution in [1.82, 2.24) is 14.9 Å². The second-order valence-corrected chi connectivity index (χ2v) is 9.49. The topological polar surface area (TPSA) is 94.5 Å². The Morgan fingerprint density at radius 1 is 1.22 bits per heavy atom. The average molecular weight is 475 g/mol. The van der Waals surface area contributed by atoms with Crippen molar-refractivity contribution >= 4 is 46.2 Å². The van der Waals surface area contributed by atoms with Gasteiger partial charge in [-0.3, -0.25) is 9.78 Å². The molecule has 7 nitrogen and oxygen atoms in total. The normalized spacial score (nSPS) is 25.7. The maximum Gasteiger partial charge on any atom is 0.293 e. The third-order valence-electron chi connectivity index (χ3n) is 6.54. The number of nitrogen functional groups attached to an aromatic ring is 1. The maximum atomic E-state index is 13.6. The second kappa shape index (κ2) is 8.21. The molecule has 1 aromatic carbocycles. The van der Waals surface area contributed by atoms with E-state index in [-0.39, 0.29) is 30.0 Å². The van der Waals surface area contributed by atoms with Crippen LogP contribution in [0.5, 0.6) is 0 Å². The minimum Gasteiger partial charge on any atom is -0.423 e. The van der Waals surface area contributed by atoms with Gasteiger partial charge in [0.25, 0.3) is 11.9 Å². The zero-order valence-electron chi connectivity index (χ0n) is 17.8. The molecule has 32 heavy (non-hydrogen) atoms. The standard InChI is InChI=1S/C23H24Cl2N4O3/c1-11-5-14(16-9-27-10-18-21(16)32-23(26)28-18)7-19(31-11)22(30)29-4-3-13-6-15(24)8-17(25)20(13)12(29)2/h6,8-12,14,19H,3-5,7H2,1-2H3,(H2,26,28)/t11-,12-,14-,19-/m0/s1. The van der Waals surface area contributed by atoms with E-state index in [4.69, 9.17) is 38.1 Å². The van der Waals surface area contributed by atoms with Crippen molar-refractivity contribution in [2.24, 2.45) is 0 Å². The smallest absolute Gasteiger partial charge is 0.293 e. The van der Waals surface area contributed by atoms with E-state index in [0.717, 1.165) is 23.1 Å². The fourth-order valence-electron chi connectivity index (χ4n) is 5.13. The number of hydrogen-bond donors (Lipinski definition) is 1. The van der Waals surface area contributed by atoms with Crippen LogP contribution >= 0.6 is 23.2 Å². The molecule has 0 radical (unpaired) electrons. The molecule has 0 unspecified atom stereocenters. The van der Waals surface area contributed by atoms with Gasteiger partial charge in [0.2, 0.25) is 0 Å². The van der Waals surface area contributed by atoms with E-state index in [9.17, 15) is 4.79 Å². The van der Waals surface area contributed by atoms with Gasteiger partial charge in [-0.05, 0) is 62.3 Å². The van der Waals surface area contributed by atoms with E-state index in [2.05, 4.69) is 9.97 Å². The van der Waals surface area contributed by atoms with Crippen LogP contribution in [-0.2, 0) is 16.0 Å². The fourth-order valence-corrected chi connectivity index (χ4v) is 5.82. The molecule has 0 bridgehead atoms. The van der Waals surface area contributed by atoms with Crippen LogP contribution in [0, 0.1) is 0 Å². The molecular weight excluding hydrogens is 451 g/mol. The highest BCUT2D eigenvalue weighted by Gasteiger charge is 2.39. The number of benzene rings is 1. The molecule has 9 heteroatoms. The summed E-state index contributed by atoms with van der Waals surface area (Å²) in [6.07, 6.45) is 4.76. The van der Waals surface area contributed by atoms with Gasteiger partial charge >= 0.3 is 0 Å². The van der Waals surface area contributed by atoms with E-state index < -0.39 is 6.10 Å². The van der Waals surface area contributed by atoms with Crippen LogP contribution in [0.15, 0.2) is 28.9 Å². The summed E-state index contributed by atoms with van der Waals surface area (Å²) in [4.78, 5) is 24.0. The first-order chi connectivity index (χ1) is 15.3. The first-order valence-corrected chi connectivity index (χ1v) is 11.5. The molecule has 4 heterocycles. The monoisotopic (exact) mass is 474 g/mol. The average Bonchev–Trinajstić information content (AvgIpc) is 3.12. The maximum absolute atomic E-state index is 13.6. The lowest BCUT2D eigenvalue weighted by atomic mass is 9.85. The van der Waals surface area contributed by atoms with Gasteiger partial charge in [0.05, 0.1) is 18.3 Å². The van der Waals surface area contributed by atoms with Gasteiger partial charge in [0.1, 0.15) is 11.6 Å². The van der Waals surface area contributed by atoms with Crippen LogP contribution in [0.3, 0.4) is 0 Å². The number of rotatable bonds is 2. The Balaban J connectivity index is 1.41. The van der Waals surface area contributed by atoms with Crippen molar-refractivity contribution in [2.75, 3.05) is 12.3 Å². The number of carbonyl (C=O) groups excluding carboxylic acids is 1.